The standard InChI is InChI=1S/C14H20O7/c1-8-4-3-5-13(18)20-9(2)6-10(15)11(16)7-12(17)14(19)21-8/h3,5,8-10,12,15,17H,4,6-7H2,1-2H3. The number of ether oxygens (including phenoxy) is 2. The fourth-order valence-electron chi connectivity index (χ4n) is 1.82. The highest BCUT2D eigenvalue weighted by molar-refractivity contribution is 5.88. The van der Waals surface area contributed by atoms with Gasteiger partial charge < -0.3 is 19.7 Å². The van der Waals surface area contributed by atoms with E-state index in [9.17, 15) is 24.6 Å². The molecule has 0 amide bonds. The highest BCUT2D eigenvalue weighted by atomic mass is 16.6. The molecule has 2 N–H and O–H groups in total. The van der Waals surface area contributed by atoms with Gasteiger partial charge in [0.1, 0.15) is 18.3 Å². The number of aliphatic hydroxyl groups excluding tert-OH is 2. The number of carbonyl (C=O) groups excluding carboxylic acids is 3. The van der Waals surface area contributed by atoms with Crippen molar-refractivity contribution in [1.82, 2.24) is 0 Å². The zero-order valence-corrected chi connectivity index (χ0v) is 12.0. The molecule has 118 valence electrons. The van der Waals surface area contributed by atoms with Crippen LogP contribution in [0.5, 0.6) is 0 Å². The minimum Gasteiger partial charge on any atom is -0.460 e. The lowest BCUT2D eigenvalue weighted by molar-refractivity contribution is -0.160. The van der Waals surface area contributed by atoms with Crippen LogP contribution in [0, 0.1) is 0 Å². The van der Waals surface area contributed by atoms with E-state index in [0.29, 0.717) is 0 Å². The minimum atomic E-state index is -1.61. The Kier molecular flexibility index (Phi) is 6.51. The molecule has 1 aliphatic rings. The summed E-state index contributed by atoms with van der Waals surface area (Å²) in [6.07, 6.45) is -1.93. The van der Waals surface area contributed by atoms with E-state index in [2.05, 4.69) is 0 Å². The summed E-state index contributed by atoms with van der Waals surface area (Å²) in [5.74, 6) is -2.23. The smallest absolute Gasteiger partial charge is 0.335 e. The van der Waals surface area contributed by atoms with Crippen LogP contribution in [-0.2, 0) is 23.9 Å². The number of rotatable bonds is 0. The molecule has 0 aromatic heterocycles. The predicted octanol–water partition coefficient (Wildman–Crippen LogP) is -0.119. The van der Waals surface area contributed by atoms with E-state index >= 15 is 0 Å². The van der Waals surface area contributed by atoms with Crippen molar-refractivity contribution in [3.63, 3.8) is 0 Å². The number of ketones is 1. The molecule has 0 saturated heterocycles. The predicted molar refractivity (Wildman–Crippen MR) is 71.1 cm³/mol. The Morgan fingerprint density at radius 2 is 1.71 bits per heavy atom. The third-order valence-corrected chi connectivity index (χ3v) is 2.95. The molecule has 1 heterocycles. The van der Waals surface area contributed by atoms with Gasteiger partial charge in [-0.15, -0.1) is 0 Å². The van der Waals surface area contributed by atoms with Crippen LogP contribution in [0.3, 0.4) is 0 Å². The summed E-state index contributed by atoms with van der Waals surface area (Å²) < 4.78 is 9.91. The second-order valence-corrected chi connectivity index (χ2v) is 5.07. The van der Waals surface area contributed by atoms with Gasteiger partial charge in [-0.2, -0.15) is 0 Å². The molecule has 0 aliphatic carbocycles. The first-order valence-corrected chi connectivity index (χ1v) is 6.76. The summed E-state index contributed by atoms with van der Waals surface area (Å²) >= 11 is 0. The van der Waals surface area contributed by atoms with Gasteiger partial charge in [0.15, 0.2) is 11.9 Å². The Hall–Kier alpha value is -1.73. The number of hydrogen-bond acceptors (Lipinski definition) is 7. The second kappa shape index (κ2) is 7.90. The van der Waals surface area contributed by atoms with Crippen LogP contribution in [-0.4, -0.2) is 52.4 Å². The van der Waals surface area contributed by atoms with E-state index < -0.39 is 48.6 Å². The minimum absolute atomic E-state index is 0.101. The molecule has 7 heteroatoms. The molecule has 0 saturated carbocycles. The molecule has 21 heavy (non-hydrogen) atoms. The summed E-state index contributed by atoms with van der Waals surface area (Å²) in [5.41, 5.74) is 0. The van der Waals surface area contributed by atoms with Crippen molar-refractivity contribution in [2.45, 2.75) is 57.5 Å². The molecule has 0 spiro atoms. The molecule has 1 rings (SSSR count). The van der Waals surface area contributed by atoms with Gasteiger partial charge >= 0.3 is 11.9 Å². The second-order valence-electron chi connectivity index (χ2n) is 5.07. The summed E-state index contributed by atoms with van der Waals surface area (Å²) in [4.78, 5) is 34.7. The van der Waals surface area contributed by atoms with E-state index in [0.717, 1.165) is 0 Å². The fraction of sp³-hybridized carbons (Fsp3) is 0.643. The van der Waals surface area contributed by atoms with Crippen LogP contribution in [0.4, 0.5) is 0 Å². The van der Waals surface area contributed by atoms with Crippen molar-refractivity contribution < 1.29 is 34.1 Å². The van der Waals surface area contributed by atoms with Crippen molar-refractivity contribution >= 4 is 17.7 Å². The third-order valence-electron chi connectivity index (χ3n) is 2.95. The first-order valence-electron chi connectivity index (χ1n) is 6.76. The Balaban J connectivity index is 2.83. The monoisotopic (exact) mass is 300 g/mol. The quantitative estimate of drug-likeness (QED) is 0.600. The molecular formula is C14H20O7. The van der Waals surface area contributed by atoms with Crippen molar-refractivity contribution in [3.05, 3.63) is 12.2 Å². The lowest BCUT2D eigenvalue weighted by Gasteiger charge is -2.19. The average Bonchev–Trinajstić information content (AvgIpc) is 2.36. The Morgan fingerprint density at radius 1 is 1.05 bits per heavy atom. The summed E-state index contributed by atoms with van der Waals surface area (Å²) in [6.45, 7) is 3.13. The van der Waals surface area contributed by atoms with E-state index in [1.54, 1.807) is 13.8 Å². The van der Waals surface area contributed by atoms with Crippen molar-refractivity contribution in [3.8, 4) is 0 Å². The van der Waals surface area contributed by atoms with Gasteiger partial charge in [0.05, 0.1) is 0 Å². The number of Topliss-reactive ketones (excluding diaryl/α,β-unsaturated/α-hetero) is 1. The number of cyclic esters (lactones) is 2. The van der Waals surface area contributed by atoms with Gasteiger partial charge in [0, 0.05) is 25.3 Å². The van der Waals surface area contributed by atoms with E-state index in [4.69, 9.17) is 9.47 Å². The van der Waals surface area contributed by atoms with Crippen LogP contribution < -0.4 is 0 Å². The molecule has 7 nitrogen and oxygen atoms in total. The van der Waals surface area contributed by atoms with Crippen LogP contribution in [0.15, 0.2) is 12.2 Å². The highest BCUT2D eigenvalue weighted by Gasteiger charge is 2.27. The van der Waals surface area contributed by atoms with Gasteiger partial charge in [-0.05, 0) is 13.8 Å². The molecule has 1 aliphatic heterocycles. The summed E-state index contributed by atoms with van der Waals surface area (Å²) in [7, 11) is 0. The first kappa shape index (κ1) is 17.3. The lowest BCUT2D eigenvalue weighted by atomic mass is 10.0. The molecule has 0 radical (unpaired) electrons. The number of esters is 2. The normalized spacial score (nSPS) is 33.0. The zero-order valence-electron chi connectivity index (χ0n) is 12.0. The average molecular weight is 300 g/mol. The van der Waals surface area contributed by atoms with E-state index in [1.807, 2.05) is 0 Å². The van der Waals surface area contributed by atoms with Crippen LogP contribution >= 0.6 is 0 Å². The van der Waals surface area contributed by atoms with Crippen molar-refractivity contribution in [1.29, 1.82) is 0 Å². The number of aliphatic hydroxyl groups is 2. The number of hydrogen-bond donors (Lipinski definition) is 2. The molecule has 0 fully saturated rings. The Morgan fingerprint density at radius 3 is 2.38 bits per heavy atom. The number of carbonyl (C=O) groups is 3. The largest absolute Gasteiger partial charge is 0.460 e. The summed E-state index contributed by atoms with van der Waals surface area (Å²) in [6, 6.07) is 0. The van der Waals surface area contributed by atoms with E-state index in [-0.39, 0.29) is 12.8 Å². The summed E-state index contributed by atoms with van der Waals surface area (Å²) in [5, 5.41) is 19.3. The molecule has 0 aromatic rings. The first-order chi connectivity index (χ1) is 9.79. The van der Waals surface area contributed by atoms with Gasteiger partial charge in [0.2, 0.25) is 0 Å². The third kappa shape index (κ3) is 6.05. The van der Waals surface area contributed by atoms with Gasteiger partial charge in [-0.1, -0.05) is 6.08 Å². The lowest BCUT2D eigenvalue weighted by Crippen LogP contribution is -2.34. The maximum Gasteiger partial charge on any atom is 0.335 e. The molecule has 4 unspecified atom stereocenters. The van der Waals surface area contributed by atoms with Crippen molar-refractivity contribution in [2.75, 3.05) is 0 Å². The molecule has 4 atom stereocenters. The van der Waals surface area contributed by atoms with Crippen molar-refractivity contribution in [2.24, 2.45) is 0 Å². The highest BCUT2D eigenvalue weighted by Crippen LogP contribution is 2.10. The maximum absolute atomic E-state index is 11.7. The maximum atomic E-state index is 11.7. The topological polar surface area (TPSA) is 110 Å². The Labute approximate surface area is 122 Å². The van der Waals surface area contributed by atoms with Gasteiger partial charge in [-0.25, -0.2) is 9.59 Å². The molecular weight excluding hydrogens is 280 g/mol. The van der Waals surface area contributed by atoms with Gasteiger partial charge in [-0.3, -0.25) is 4.79 Å². The molecule has 0 aromatic carbocycles. The zero-order chi connectivity index (χ0) is 16.0. The Bertz CT molecular complexity index is 429. The molecule has 0 bridgehead atoms. The van der Waals surface area contributed by atoms with E-state index in [1.165, 1.54) is 12.2 Å². The van der Waals surface area contributed by atoms with Gasteiger partial charge in [0.25, 0.3) is 0 Å². The van der Waals surface area contributed by atoms with Crippen LogP contribution in [0.2, 0.25) is 0 Å². The fourth-order valence-corrected chi connectivity index (χ4v) is 1.82. The SMILES string of the molecule is CC1CC(O)C(=O)CC(O)C(=O)OC(C)CC=CC(=O)O1. The van der Waals surface area contributed by atoms with Crippen LogP contribution in [0.25, 0.3) is 0 Å². The van der Waals surface area contributed by atoms with Crippen LogP contribution in [0.1, 0.15) is 33.1 Å².